The van der Waals surface area contributed by atoms with Crippen LogP contribution in [0.25, 0.3) is 0 Å². The van der Waals surface area contributed by atoms with Crippen molar-refractivity contribution in [3.63, 3.8) is 0 Å². The highest BCUT2D eigenvalue weighted by atomic mass is 16.4. The van der Waals surface area contributed by atoms with Crippen molar-refractivity contribution in [1.29, 1.82) is 0 Å². The minimum absolute atomic E-state index is 0.0463. The van der Waals surface area contributed by atoms with Crippen LogP contribution < -0.4 is 9.67 Å². The summed E-state index contributed by atoms with van der Waals surface area (Å²) in [4.78, 5) is 33.9. The summed E-state index contributed by atoms with van der Waals surface area (Å²) in [5.41, 5.74) is 0.637. The maximum absolute atomic E-state index is 11.7. The molecule has 0 atom stereocenters. The van der Waals surface area contributed by atoms with E-state index >= 15 is 0 Å². The normalized spacial score (nSPS) is 10.3. The molecular formula is C13H15NO5. The Morgan fingerprint density at radius 2 is 1.84 bits per heavy atom. The van der Waals surface area contributed by atoms with Gasteiger partial charge < -0.3 is 15.0 Å². The van der Waals surface area contributed by atoms with Crippen LogP contribution in [0, 0.1) is 0 Å². The van der Waals surface area contributed by atoms with E-state index < -0.39 is 12.4 Å². The van der Waals surface area contributed by atoms with Gasteiger partial charge in [-0.25, -0.2) is 0 Å². The number of hydrogen-bond donors (Lipinski definition) is 1. The van der Waals surface area contributed by atoms with Crippen LogP contribution in [0.3, 0.4) is 0 Å². The molecule has 0 bridgehead atoms. The monoisotopic (exact) mass is 265 g/mol. The highest BCUT2D eigenvalue weighted by Gasteiger charge is 2.26. The number of carboxylic acid groups (broad SMARTS) is 1. The van der Waals surface area contributed by atoms with Gasteiger partial charge >= 0.3 is 0 Å². The Balaban J connectivity index is 3.52. The molecule has 0 saturated heterocycles. The summed E-state index contributed by atoms with van der Waals surface area (Å²) in [5, 5.41) is 19.7. The van der Waals surface area contributed by atoms with Crippen molar-refractivity contribution in [3.8, 4) is 0 Å². The van der Waals surface area contributed by atoms with E-state index in [9.17, 15) is 19.5 Å². The fraction of sp³-hybridized carbons (Fsp3) is 0.385. The molecule has 0 aromatic carbocycles. The number of rotatable bonds is 6. The molecule has 1 aromatic rings. The third kappa shape index (κ3) is 3.45. The van der Waals surface area contributed by atoms with Crippen molar-refractivity contribution in [2.75, 3.05) is 6.61 Å². The van der Waals surface area contributed by atoms with Crippen molar-refractivity contribution < 1.29 is 29.2 Å². The zero-order chi connectivity index (χ0) is 14.6. The van der Waals surface area contributed by atoms with Gasteiger partial charge in [0.05, 0.1) is 0 Å². The molecule has 1 rings (SSSR count). The van der Waals surface area contributed by atoms with Gasteiger partial charge in [0.2, 0.25) is 17.3 Å². The number of carbonyl (C=O) groups excluding carboxylic acids is 3. The van der Waals surface area contributed by atoms with Gasteiger partial charge in [-0.1, -0.05) is 0 Å². The molecule has 0 aliphatic rings. The van der Waals surface area contributed by atoms with Crippen molar-refractivity contribution in [3.05, 3.63) is 29.1 Å². The molecule has 0 unspecified atom stereocenters. The molecule has 6 nitrogen and oxygen atoms in total. The van der Waals surface area contributed by atoms with Crippen LogP contribution >= 0.6 is 0 Å². The first-order chi connectivity index (χ1) is 8.88. The van der Waals surface area contributed by atoms with Gasteiger partial charge in [-0.05, 0) is 6.07 Å². The lowest BCUT2D eigenvalue weighted by Gasteiger charge is -2.10. The van der Waals surface area contributed by atoms with Gasteiger partial charge in [-0.3, -0.25) is 9.59 Å². The summed E-state index contributed by atoms with van der Waals surface area (Å²) in [7, 11) is 0. The van der Waals surface area contributed by atoms with Crippen molar-refractivity contribution >= 4 is 17.5 Å². The molecule has 102 valence electrons. The van der Waals surface area contributed by atoms with Gasteiger partial charge in [0.1, 0.15) is 6.61 Å². The molecule has 0 spiro atoms. The highest BCUT2D eigenvalue weighted by molar-refractivity contribution is 5.95. The van der Waals surface area contributed by atoms with E-state index in [1.165, 1.54) is 30.5 Å². The lowest BCUT2D eigenvalue weighted by Crippen LogP contribution is -2.48. The third-order valence-electron chi connectivity index (χ3n) is 2.66. The summed E-state index contributed by atoms with van der Waals surface area (Å²) in [6.45, 7) is 2.40. The van der Waals surface area contributed by atoms with Gasteiger partial charge in [0, 0.05) is 37.9 Å². The number of pyridine rings is 1. The lowest BCUT2D eigenvalue weighted by atomic mass is 10.0. The molecule has 0 amide bonds. The first-order valence-electron chi connectivity index (χ1n) is 5.76. The van der Waals surface area contributed by atoms with Crippen LogP contribution in [-0.4, -0.2) is 29.2 Å². The summed E-state index contributed by atoms with van der Waals surface area (Å²) in [6, 6.07) is 2.87. The average molecular weight is 265 g/mol. The molecule has 0 aliphatic carbocycles. The molecule has 0 radical (unpaired) electrons. The van der Waals surface area contributed by atoms with E-state index in [2.05, 4.69) is 0 Å². The Morgan fingerprint density at radius 1 is 1.21 bits per heavy atom. The molecule has 6 heteroatoms. The zero-order valence-corrected chi connectivity index (χ0v) is 10.8. The number of aliphatic carboxylic acids is 1. The largest absolute Gasteiger partial charge is 0.550 e. The smallest absolute Gasteiger partial charge is 0.252 e. The number of carboxylic acids is 1. The Labute approximate surface area is 110 Å². The summed E-state index contributed by atoms with van der Waals surface area (Å²) < 4.78 is 1.35. The van der Waals surface area contributed by atoms with E-state index in [-0.39, 0.29) is 41.7 Å². The van der Waals surface area contributed by atoms with E-state index in [1.54, 1.807) is 0 Å². The quantitative estimate of drug-likeness (QED) is 0.507. The number of hydrogen-bond acceptors (Lipinski definition) is 5. The van der Waals surface area contributed by atoms with Crippen LogP contribution in [0.2, 0.25) is 0 Å². The van der Waals surface area contributed by atoms with E-state index in [1.807, 2.05) is 0 Å². The van der Waals surface area contributed by atoms with Gasteiger partial charge in [-0.15, -0.1) is 0 Å². The SMILES string of the molecule is CC(=O)c1ccc(CC(=O)[O-])c(C(C)=O)[n+]1CCO. The van der Waals surface area contributed by atoms with Crippen LogP contribution in [0.5, 0.6) is 0 Å². The molecule has 1 heterocycles. The number of Topliss-reactive ketones (excluding diaryl/α,β-unsaturated/α-hetero) is 2. The predicted octanol–water partition coefficient (Wildman–Crippen LogP) is -1.34. The first kappa shape index (κ1) is 15.0. The van der Waals surface area contributed by atoms with E-state index in [4.69, 9.17) is 5.11 Å². The van der Waals surface area contributed by atoms with Crippen LogP contribution in [0.1, 0.15) is 40.4 Å². The number of aromatic nitrogens is 1. The van der Waals surface area contributed by atoms with Crippen LogP contribution in [0.15, 0.2) is 12.1 Å². The standard InChI is InChI=1S/C13H15NO5/c1-8(16)11-4-3-10(7-12(18)19)13(9(2)17)14(11)5-6-15/h3-4,15H,5-7H2,1-2H3. The molecule has 1 aromatic heterocycles. The van der Waals surface area contributed by atoms with Crippen molar-refractivity contribution in [2.45, 2.75) is 26.8 Å². The first-order valence-corrected chi connectivity index (χ1v) is 5.76. The third-order valence-corrected chi connectivity index (χ3v) is 2.66. The number of aliphatic hydroxyl groups excluding tert-OH is 1. The Kier molecular flexibility index (Phi) is 4.88. The fourth-order valence-corrected chi connectivity index (χ4v) is 2.00. The Bertz CT molecular complexity index is 536. The topological polar surface area (TPSA) is 98.4 Å². The number of ketones is 2. The predicted molar refractivity (Wildman–Crippen MR) is 62.4 cm³/mol. The van der Waals surface area contributed by atoms with Gasteiger partial charge in [-0.2, -0.15) is 4.57 Å². The second kappa shape index (κ2) is 6.19. The molecule has 0 fully saturated rings. The molecular weight excluding hydrogens is 250 g/mol. The molecule has 0 saturated carbocycles. The Hall–Kier alpha value is -2.08. The van der Waals surface area contributed by atoms with E-state index in [0.29, 0.717) is 0 Å². The van der Waals surface area contributed by atoms with Gasteiger partial charge in [0.15, 0.2) is 6.54 Å². The second-order valence-corrected chi connectivity index (χ2v) is 4.13. The summed E-state index contributed by atoms with van der Waals surface area (Å²) >= 11 is 0. The number of nitrogens with zero attached hydrogens (tertiary/aromatic N) is 1. The Morgan fingerprint density at radius 3 is 2.26 bits per heavy atom. The van der Waals surface area contributed by atoms with Crippen molar-refractivity contribution in [1.82, 2.24) is 0 Å². The number of aliphatic hydroxyl groups is 1. The van der Waals surface area contributed by atoms with E-state index in [0.717, 1.165) is 0 Å². The maximum Gasteiger partial charge on any atom is 0.252 e. The minimum atomic E-state index is -1.31. The average Bonchev–Trinajstić information content (AvgIpc) is 2.27. The van der Waals surface area contributed by atoms with Crippen LogP contribution in [0.4, 0.5) is 0 Å². The molecule has 19 heavy (non-hydrogen) atoms. The zero-order valence-electron chi connectivity index (χ0n) is 10.8. The molecule has 0 aliphatic heterocycles. The highest BCUT2D eigenvalue weighted by Crippen LogP contribution is 2.09. The van der Waals surface area contributed by atoms with Crippen LogP contribution in [-0.2, 0) is 17.8 Å². The second-order valence-electron chi connectivity index (χ2n) is 4.13. The lowest BCUT2D eigenvalue weighted by molar-refractivity contribution is -0.701. The minimum Gasteiger partial charge on any atom is -0.550 e. The van der Waals surface area contributed by atoms with Crippen molar-refractivity contribution in [2.24, 2.45) is 0 Å². The summed E-state index contributed by atoms with van der Waals surface area (Å²) in [6.07, 6.45) is -0.418. The number of carbonyl (C=O) groups is 3. The van der Waals surface area contributed by atoms with Gasteiger partial charge in [0.25, 0.3) is 5.69 Å². The maximum atomic E-state index is 11.7. The molecule has 1 N–H and O–H groups in total. The summed E-state index contributed by atoms with van der Waals surface area (Å²) in [5.74, 6) is -1.95. The fourth-order valence-electron chi connectivity index (χ4n) is 2.00.